The van der Waals surface area contributed by atoms with E-state index in [1.807, 2.05) is 6.07 Å². The maximum absolute atomic E-state index is 14.0. The lowest BCUT2D eigenvalue weighted by atomic mass is 10.1. The number of nitrogens with zero attached hydrogens (tertiary/aromatic N) is 1. The van der Waals surface area contributed by atoms with Crippen molar-refractivity contribution in [1.82, 2.24) is 4.98 Å². The molecule has 104 valence electrons. The van der Waals surface area contributed by atoms with E-state index in [1.165, 1.54) is 12.1 Å². The Labute approximate surface area is 116 Å². The van der Waals surface area contributed by atoms with Gasteiger partial charge in [-0.3, -0.25) is 4.72 Å². The summed E-state index contributed by atoms with van der Waals surface area (Å²) in [6.07, 6.45) is 1.22. The van der Waals surface area contributed by atoms with Crippen LogP contribution in [-0.2, 0) is 16.4 Å². The number of aromatic nitrogens is 1. The predicted molar refractivity (Wildman–Crippen MR) is 74.0 cm³/mol. The maximum Gasteiger partial charge on any atom is 0.229 e. The third kappa shape index (κ3) is 3.36. The van der Waals surface area contributed by atoms with Crippen molar-refractivity contribution >= 4 is 15.7 Å². The fourth-order valence-electron chi connectivity index (χ4n) is 1.80. The molecule has 2 aromatic rings. The topological polar surface area (TPSA) is 85.8 Å². The Balaban J connectivity index is 2.31. The van der Waals surface area contributed by atoms with Gasteiger partial charge in [-0.05, 0) is 30.3 Å². The Kier molecular flexibility index (Phi) is 3.77. The van der Waals surface area contributed by atoms with E-state index in [2.05, 4.69) is 9.71 Å². The van der Waals surface area contributed by atoms with Crippen LogP contribution in [0.15, 0.2) is 30.3 Å². The summed E-state index contributed by atoms with van der Waals surface area (Å²) in [7, 11) is -3.44. The van der Waals surface area contributed by atoms with Gasteiger partial charge < -0.3 is 4.98 Å². The molecule has 7 heteroatoms. The van der Waals surface area contributed by atoms with Crippen molar-refractivity contribution in [2.75, 3.05) is 11.0 Å². The zero-order chi connectivity index (χ0) is 14.8. The summed E-state index contributed by atoms with van der Waals surface area (Å²) in [5, 5.41) is 8.59. The molecule has 0 aliphatic rings. The van der Waals surface area contributed by atoms with Gasteiger partial charge in [-0.15, -0.1) is 0 Å². The van der Waals surface area contributed by atoms with Crippen LogP contribution in [0, 0.1) is 17.1 Å². The number of H-pyrrole nitrogens is 1. The zero-order valence-electron chi connectivity index (χ0n) is 10.6. The zero-order valence-corrected chi connectivity index (χ0v) is 11.5. The Morgan fingerprint density at radius 3 is 2.70 bits per heavy atom. The molecule has 0 aliphatic carbocycles. The minimum Gasteiger partial charge on any atom is -0.357 e. The van der Waals surface area contributed by atoms with Crippen LogP contribution in [0.2, 0.25) is 0 Å². The van der Waals surface area contributed by atoms with Gasteiger partial charge in [0, 0.05) is 17.0 Å². The van der Waals surface area contributed by atoms with Crippen molar-refractivity contribution in [3.05, 3.63) is 41.8 Å². The van der Waals surface area contributed by atoms with Crippen LogP contribution < -0.4 is 4.72 Å². The lowest BCUT2D eigenvalue weighted by Crippen LogP contribution is -2.09. The molecule has 2 rings (SSSR count). The molecular weight excluding hydrogens is 281 g/mol. The monoisotopic (exact) mass is 293 g/mol. The number of rotatable bonds is 4. The number of benzene rings is 1. The first kappa shape index (κ1) is 14.1. The van der Waals surface area contributed by atoms with Crippen LogP contribution in [0.1, 0.15) is 5.69 Å². The van der Waals surface area contributed by atoms with E-state index in [4.69, 9.17) is 5.26 Å². The van der Waals surface area contributed by atoms with Crippen LogP contribution in [0.25, 0.3) is 11.3 Å². The van der Waals surface area contributed by atoms with Gasteiger partial charge in [0.15, 0.2) is 0 Å². The molecule has 2 N–H and O–H groups in total. The van der Waals surface area contributed by atoms with E-state index < -0.39 is 15.8 Å². The average molecular weight is 293 g/mol. The minimum absolute atomic E-state index is 0.164. The number of nitrogens with one attached hydrogen (secondary N) is 2. The molecule has 0 unspecified atom stereocenters. The van der Waals surface area contributed by atoms with Crippen LogP contribution in [0.4, 0.5) is 10.1 Å². The summed E-state index contributed by atoms with van der Waals surface area (Å²) < 4.78 is 38.3. The smallest absolute Gasteiger partial charge is 0.229 e. The summed E-state index contributed by atoms with van der Waals surface area (Å²) in [5.41, 5.74) is 1.71. The van der Waals surface area contributed by atoms with Gasteiger partial charge in [0.2, 0.25) is 10.0 Å². The highest BCUT2D eigenvalue weighted by atomic mass is 32.2. The van der Waals surface area contributed by atoms with Crippen molar-refractivity contribution < 1.29 is 12.8 Å². The van der Waals surface area contributed by atoms with Crippen molar-refractivity contribution in [3.63, 3.8) is 0 Å². The van der Waals surface area contributed by atoms with Gasteiger partial charge in [0.1, 0.15) is 5.82 Å². The molecule has 0 amide bonds. The van der Waals surface area contributed by atoms with E-state index in [-0.39, 0.29) is 12.1 Å². The van der Waals surface area contributed by atoms with Gasteiger partial charge >= 0.3 is 0 Å². The molecule has 0 saturated heterocycles. The second kappa shape index (κ2) is 5.35. The molecule has 0 aliphatic heterocycles. The quantitative estimate of drug-likeness (QED) is 0.906. The van der Waals surface area contributed by atoms with E-state index in [1.54, 1.807) is 12.1 Å². The molecule has 1 aromatic carbocycles. The SMILES string of the molecule is CS(=O)(=O)Nc1ccc(-c2ccc(CC#N)[nH]2)c(F)c1. The molecule has 0 saturated carbocycles. The first-order chi connectivity index (χ1) is 9.39. The van der Waals surface area contributed by atoms with E-state index >= 15 is 0 Å². The molecule has 0 fully saturated rings. The first-order valence-electron chi connectivity index (χ1n) is 5.71. The van der Waals surface area contributed by atoms with Gasteiger partial charge in [0.25, 0.3) is 0 Å². The molecule has 0 atom stereocenters. The van der Waals surface area contributed by atoms with E-state index in [9.17, 15) is 12.8 Å². The number of sulfonamides is 1. The molecule has 0 spiro atoms. The van der Waals surface area contributed by atoms with Gasteiger partial charge in [0.05, 0.1) is 24.4 Å². The third-order valence-electron chi connectivity index (χ3n) is 2.58. The Morgan fingerprint density at radius 2 is 2.10 bits per heavy atom. The minimum atomic E-state index is -3.44. The summed E-state index contributed by atoms with van der Waals surface area (Å²) >= 11 is 0. The molecule has 20 heavy (non-hydrogen) atoms. The normalized spacial score (nSPS) is 11.1. The fourth-order valence-corrected chi connectivity index (χ4v) is 2.35. The van der Waals surface area contributed by atoms with Crippen LogP contribution in [0.3, 0.4) is 0 Å². The van der Waals surface area contributed by atoms with Crippen molar-refractivity contribution in [2.24, 2.45) is 0 Å². The van der Waals surface area contributed by atoms with Crippen LogP contribution >= 0.6 is 0 Å². The molecular formula is C13H12FN3O2S. The summed E-state index contributed by atoms with van der Waals surface area (Å²) in [5.74, 6) is -0.552. The number of halogens is 1. The van der Waals surface area contributed by atoms with E-state index in [0.717, 1.165) is 12.3 Å². The van der Waals surface area contributed by atoms with Crippen molar-refractivity contribution in [1.29, 1.82) is 5.26 Å². The number of hydrogen-bond donors (Lipinski definition) is 2. The first-order valence-corrected chi connectivity index (χ1v) is 7.61. The largest absolute Gasteiger partial charge is 0.357 e. The number of anilines is 1. The summed E-state index contributed by atoms with van der Waals surface area (Å²) in [4.78, 5) is 2.94. The van der Waals surface area contributed by atoms with E-state index in [0.29, 0.717) is 17.0 Å². The van der Waals surface area contributed by atoms with Gasteiger partial charge in [-0.25, -0.2) is 12.8 Å². The summed E-state index contributed by atoms with van der Waals surface area (Å²) in [6.45, 7) is 0. The Morgan fingerprint density at radius 1 is 1.35 bits per heavy atom. The Hall–Kier alpha value is -2.33. The maximum atomic E-state index is 14.0. The molecule has 1 heterocycles. The average Bonchev–Trinajstić information content (AvgIpc) is 2.76. The highest BCUT2D eigenvalue weighted by molar-refractivity contribution is 7.92. The lowest BCUT2D eigenvalue weighted by molar-refractivity contribution is 0.606. The van der Waals surface area contributed by atoms with Crippen molar-refractivity contribution in [2.45, 2.75) is 6.42 Å². The lowest BCUT2D eigenvalue weighted by Gasteiger charge is -2.06. The fraction of sp³-hybridized carbons (Fsp3) is 0.154. The molecule has 0 radical (unpaired) electrons. The molecule has 1 aromatic heterocycles. The Bertz CT molecular complexity index is 775. The van der Waals surface area contributed by atoms with Gasteiger partial charge in [-0.1, -0.05) is 0 Å². The van der Waals surface area contributed by atoms with Crippen LogP contribution in [-0.4, -0.2) is 19.7 Å². The van der Waals surface area contributed by atoms with Gasteiger partial charge in [-0.2, -0.15) is 5.26 Å². The van der Waals surface area contributed by atoms with Crippen LogP contribution in [0.5, 0.6) is 0 Å². The van der Waals surface area contributed by atoms with Crippen molar-refractivity contribution in [3.8, 4) is 17.3 Å². The number of aromatic amines is 1. The standard InChI is InChI=1S/C13H12FN3O2S/c1-20(18,19)17-10-2-4-11(12(14)8-10)13-5-3-9(16-13)6-7-15/h2-5,8,16-17H,6H2,1H3. The second-order valence-corrected chi connectivity index (χ2v) is 6.05. The number of nitriles is 1. The molecule has 0 bridgehead atoms. The number of hydrogen-bond acceptors (Lipinski definition) is 3. The highest BCUT2D eigenvalue weighted by Crippen LogP contribution is 2.25. The summed E-state index contributed by atoms with van der Waals surface area (Å²) in [6, 6.07) is 9.45. The molecule has 5 nitrogen and oxygen atoms in total. The predicted octanol–water partition coefficient (Wildman–Crippen LogP) is 2.26. The highest BCUT2D eigenvalue weighted by Gasteiger charge is 2.10. The third-order valence-corrected chi connectivity index (χ3v) is 3.18. The second-order valence-electron chi connectivity index (χ2n) is 4.30.